The van der Waals surface area contributed by atoms with E-state index in [9.17, 15) is 73.5 Å². The van der Waals surface area contributed by atoms with Gasteiger partial charge in [0.25, 0.3) is 0 Å². The van der Waals surface area contributed by atoms with Crippen molar-refractivity contribution >= 4 is 92.7 Å². The molecule has 1 unspecified atom stereocenters. The van der Waals surface area contributed by atoms with Crippen LogP contribution in [0.2, 0.25) is 0 Å². The number of carbonyl (C=O) groups excluding carboxylic acids is 4. The number of fused-ring (bicyclic) bond motifs is 2. The molecule has 1 aliphatic rings. The van der Waals surface area contributed by atoms with Crippen LogP contribution in [0.3, 0.4) is 0 Å². The van der Waals surface area contributed by atoms with Gasteiger partial charge >= 0.3 is 41.8 Å². The Morgan fingerprint density at radius 3 is 1.34 bits per heavy atom. The fourth-order valence-electron chi connectivity index (χ4n) is 9.30. The second-order valence-corrected chi connectivity index (χ2v) is 20.7. The first-order valence-corrected chi connectivity index (χ1v) is 27.3. The number of amides is 5. The van der Waals surface area contributed by atoms with Gasteiger partial charge in [-0.1, -0.05) is 0 Å². The van der Waals surface area contributed by atoms with E-state index in [1.54, 1.807) is 19.6 Å². The Bertz CT molecular complexity index is 2610. The molecule has 1 aliphatic heterocycles. The number of carboxylic acid groups (broad SMARTS) is 6. The number of aromatic nitrogens is 1. The third kappa shape index (κ3) is 23.6. The standard InChI is InChI=1S/C54H80N12O16/c1-60(2)38-12-10-36-29-37-11-13-39(61(3)4)31-44(37)66(43(36)30-38)20-8-7-18-55-45(67)16-14-40(51(77)56-19-6-5-9-41(52(78)79)58-54(82)59-42(53(80)81)15-17-47(69)70)57-46(68)32-62-21-23-63(33-48(71)72)25-27-65(35-50(75)76)28-26-64(24-22-62)34-49(73)74/h10-13,29-31,40-42H,5-9,14-28,32-35H2,1-4H3,(H10-,55,56,57,58,59,67,68,69,70,71,72,73,74,75,76,77,78,79,80,81,82)/p+1/t40?,41-,42-/m0/s1. The number of hydrogen-bond acceptors (Lipinski definition) is 16. The van der Waals surface area contributed by atoms with Crippen LogP contribution in [-0.4, -0.2) is 248 Å². The van der Waals surface area contributed by atoms with Gasteiger partial charge in [-0.05, 0) is 68.9 Å². The molecular weight excluding hydrogens is 1070 g/mol. The van der Waals surface area contributed by atoms with E-state index >= 15 is 0 Å². The van der Waals surface area contributed by atoms with E-state index in [0.29, 0.717) is 25.9 Å². The molecule has 28 nitrogen and oxygen atoms in total. The number of carbonyl (C=O) groups is 10. The van der Waals surface area contributed by atoms with Gasteiger partial charge in [-0.3, -0.25) is 53.2 Å². The van der Waals surface area contributed by atoms with Gasteiger partial charge < -0.3 is 67.0 Å². The highest BCUT2D eigenvalue weighted by Crippen LogP contribution is 2.26. The molecule has 2 heterocycles. The molecule has 0 radical (unpaired) electrons. The van der Waals surface area contributed by atoms with E-state index in [0.717, 1.165) is 33.2 Å². The van der Waals surface area contributed by atoms with Crippen molar-refractivity contribution in [1.29, 1.82) is 0 Å². The van der Waals surface area contributed by atoms with Crippen LogP contribution in [0, 0.1) is 0 Å². The molecule has 2 aromatic carbocycles. The SMILES string of the molecule is CN(C)c1ccc2cc3ccc(N(C)C)cc3[n+](CCCCNC(=O)CCC(NC(=O)CN3CCN(CC(=O)O)CCN(CC(=O)O)CCN(CC(=O)O)CC3)C(=O)NCCCC[C@H](NC(=O)N[C@@H](CCC(=O)O)C(=O)O)C(=O)O)c2c1. The average molecular weight is 1150 g/mol. The quantitative estimate of drug-likeness (QED) is 0.0211. The third-order valence-corrected chi connectivity index (χ3v) is 13.8. The zero-order chi connectivity index (χ0) is 60.5. The smallest absolute Gasteiger partial charge is 0.326 e. The monoisotopic (exact) mass is 1150 g/mol. The molecule has 0 saturated carbocycles. The van der Waals surface area contributed by atoms with Gasteiger partial charge in [0.1, 0.15) is 24.7 Å². The topological polar surface area (TPSA) is 376 Å². The summed E-state index contributed by atoms with van der Waals surface area (Å²) in [6, 6.07) is 9.37. The minimum atomic E-state index is -1.59. The molecule has 4 rings (SSSR count). The number of nitrogens with one attached hydrogen (secondary N) is 5. The fraction of sp³-hybridized carbons (Fsp3) is 0.574. The maximum absolute atomic E-state index is 13.9. The Morgan fingerprint density at radius 2 is 0.902 bits per heavy atom. The van der Waals surface area contributed by atoms with Gasteiger partial charge in [-0.25, -0.2) is 14.4 Å². The molecule has 0 spiro atoms. The maximum Gasteiger partial charge on any atom is 0.326 e. The molecule has 0 bridgehead atoms. The van der Waals surface area contributed by atoms with E-state index < -0.39 is 84.6 Å². The highest BCUT2D eigenvalue weighted by Gasteiger charge is 2.28. The van der Waals surface area contributed by atoms with Crippen molar-refractivity contribution in [2.24, 2.45) is 0 Å². The van der Waals surface area contributed by atoms with Crippen LogP contribution in [0.15, 0.2) is 42.5 Å². The molecule has 3 atom stereocenters. The summed E-state index contributed by atoms with van der Waals surface area (Å²) < 4.78 is 2.29. The largest absolute Gasteiger partial charge is 0.481 e. The summed E-state index contributed by atoms with van der Waals surface area (Å²) in [5.74, 6) is -9.26. The lowest BCUT2D eigenvalue weighted by molar-refractivity contribution is -0.645. The zero-order valence-electron chi connectivity index (χ0n) is 47.1. The van der Waals surface area contributed by atoms with E-state index in [4.69, 9.17) is 5.11 Å². The highest BCUT2D eigenvalue weighted by molar-refractivity contribution is 5.92. The molecule has 28 heteroatoms. The van der Waals surface area contributed by atoms with Crippen molar-refractivity contribution in [3.8, 4) is 0 Å². The lowest BCUT2D eigenvalue weighted by Gasteiger charge is -2.33. The first-order chi connectivity index (χ1) is 38.9. The minimum Gasteiger partial charge on any atom is -0.481 e. The van der Waals surface area contributed by atoms with Crippen molar-refractivity contribution in [3.63, 3.8) is 0 Å². The van der Waals surface area contributed by atoms with Crippen molar-refractivity contribution in [3.05, 3.63) is 42.5 Å². The molecule has 82 heavy (non-hydrogen) atoms. The highest BCUT2D eigenvalue weighted by atomic mass is 16.4. The Hall–Kier alpha value is -7.95. The van der Waals surface area contributed by atoms with Crippen molar-refractivity contribution in [2.75, 3.05) is 130 Å². The third-order valence-electron chi connectivity index (χ3n) is 13.8. The average Bonchev–Trinajstić information content (AvgIpc) is 3.59. The Morgan fingerprint density at radius 1 is 0.476 bits per heavy atom. The number of anilines is 2. The van der Waals surface area contributed by atoms with Crippen LogP contribution in [-0.2, 0) is 49.7 Å². The lowest BCUT2D eigenvalue weighted by atomic mass is 10.1. The molecule has 0 aliphatic carbocycles. The van der Waals surface area contributed by atoms with Crippen LogP contribution in [0.4, 0.5) is 16.2 Å². The van der Waals surface area contributed by atoms with E-state index in [2.05, 4.69) is 73.6 Å². The van der Waals surface area contributed by atoms with Crippen LogP contribution in [0.5, 0.6) is 0 Å². The lowest BCUT2D eigenvalue weighted by Crippen LogP contribution is -2.52. The Kier molecular flexibility index (Phi) is 27.4. The second-order valence-electron chi connectivity index (χ2n) is 20.7. The number of unbranched alkanes of at least 4 members (excludes halogenated alkanes) is 2. The first-order valence-electron chi connectivity index (χ1n) is 27.3. The molecular formula is C54H81N12O16+. The predicted octanol–water partition coefficient (Wildman–Crippen LogP) is -0.594. The number of rotatable bonds is 32. The van der Waals surface area contributed by atoms with Gasteiger partial charge in [-0.2, -0.15) is 4.57 Å². The number of nitrogens with zero attached hydrogens (tertiary/aromatic N) is 7. The summed E-state index contributed by atoms with van der Waals surface area (Å²) in [6.45, 7) is 0.704. The number of hydrogen-bond donors (Lipinski definition) is 11. The maximum atomic E-state index is 13.9. The Balaban J connectivity index is 1.45. The zero-order valence-corrected chi connectivity index (χ0v) is 47.1. The molecule has 3 aromatic rings. The predicted molar refractivity (Wildman–Crippen MR) is 301 cm³/mol. The second kappa shape index (κ2) is 33.7. The van der Waals surface area contributed by atoms with Crippen molar-refractivity contribution in [2.45, 2.75) is 82.5 Å². The summed E-state index contributed by atoms with van der Waals surface area (Å²) >= 11 is 0. The minimum absolute atomic E-state index is 0.0298. The summed E-state index contributed by atoms with van der Waals surface area (Å²) in [6.07, 6.45) is 0.154. The number of aliphatic carboxylic acids is 6. The molecule has 5 amide bonds. The first kappa shape index (κ1) is 66.6. The van der Waals surface area contributed by atoms with E-state index in [1.807, 2.05) is 38.0 Å². The van der Waals surface area contributed by atoms with Gasteiger partial charge in [0.15, 0.2) is 0 Å². The van der Waals surface area contributed by atoms with E-state index in [-0.39, 0.29) is 123 Å². The van der Waals surface area contributed by atoms with Gasteiger partial charge in [0.05, 0.1) is 26.2 Å². The van der Waals surface area contributed by atoms with Crippen LogP contribution >= 0.6 is 0 Å². The normalized spacial score (nSPS) is 15.2. The summed E-state index contributed by atoms with van der Waals surface area (Å²) in [7, 11) is 7.94. The number of urea groups is 1. The fourth-order valence-corrected chi connectivity index (χ4v) is 9.30. The molecule has 452 valence electrons. The van der Waals surface area contributed by atoms with Gasteiger partial charge in [0, 0.05) is 147 Å². The summed E-state index contributed by atoms with van der Waals surface area (Å²) in [5, 5.41) is 71.6. The van der Waals surface area contributed by atoms with Crippen LogP contribution < -0.4 is 41.0 Å². The van der Waals surface area contributed by atoms with Crippen LogP contribution in [0.1, 0.15) is 57.8 Å². The number of aryl methyl sites for hydroxylation is 1. The van der Waals surface area contributed by atoms with Gasteiger partial charge in [-0.15, -0.1) is 0 Å². The van der Waals surface area contributed by atoms with Crippen molar-refractivity contribution < 1.29 is 83.2 Å². The molecule has 1 fully saturated rings. The number of carboxylic acids is 6. The summed E-state index contributed by atoms with van der Waals surface area (Å²) in [5.41, 5.74) is 4.21. The molecule has 11 N–H and O–H groups in total. The summed E-state index contributed by atoms with van der Waals surface area (Å²) in [4.78, 5) is 134. The van der Waals surface area contributed by atoms with Crippen LogP contribution in [0.25, 0.3) is 21.8 Å². The van der Waals surface area contributed by atoms with Crippen molar-refractivity contribution in [1.82, 2.24) is 46.2 Å². The Labute approximate surface area is 475 Å². The van der Waals surface area contributed by atoms with Gasteiger partial charge in [0.2, 0.25) is 28.8 Å². The van der Waals surface area contributed by atoms with E-state index in [1.165, 1.54) is 0 Å². The molecule has 1 aromatic heterocycles. The molecule has 1 saturated heterocycles. The number of benzene rings is 2. The number of pyridine rings is 1.